The standard InChI is InChI=1S/C11H13F2N/c12-10-7-14(8-11(10)13)6-9-4-2-1-3-5-9/h1-5,10-11H,6-8H2/t10-,11?/m0/s1. The summed E-state index contributed by atoms with van der Waals surface area (Å²) < 4.78 is 25.7. The lowest BCUT2D eigenvalue weighted by Gasteiger charge is -2.13. The summed E-state index contributed by atoms with van der Waals surface area (Å²) in [7, 11) is 0. The Hall–Kier alpha value is -0.960. The van der Waals surface area contributed by atoms with Crippen molar-refractivity contribution in [2.45, 2.75) is 18.9 Å². The predicted molar refractivity (Wildman–Crippen MR) is 51.5 cm³/mol. The van der Waals surface area contributed by atoms with E-state index in [1.165, 1.54) is 0 Å². The Bertz CT molecular complexity index is 279. The monoisotopic (exact) mass is 197 g/mol. The molecule has 0 aliphatic carbocycles. The fraction of sp³-hybridized carbons (Fsp3) is 0.455. The Morgan fingerprint density at radius 3 is 2.21 bits per heavy atom. The van der Waals surface area contributed by atoms with Gasteiger partial charge < -0.3 is 0 Å². The van der Waals surface area contributed by atoms with Gasteiger partial charge in [0, 0.05) is 19.6 Å². The SMILES string of the molecule is FC1CN(Cc2ccccc2)C[C@@H]1F. The summed E-state index contributed by atoms with van der Waals surface area (Å²) in [5.41, 5.74) is 1.11. The van der Waals surface area contributed by atoms with Crippen LogP contribution in [0.1, 0.15) is 5.56 Å². The van der Waals surface area contributed by atoms with Gasteiger partial charge >= 0.3 is 0 Å². The first kappa shape index (κ1) is 9.59. The van der Waals surface area contributed by atoms with Crippen molar-refractivity contribution in [2.24, 2.45) is 0 Å². The average Bonchev–Trinajstić information content (AvgIpc) is 2.47. The first-order chi connectivity index (χ1) is 6.75. The highest BCUT2D eigenvalue weighted by atomic mass is 19.2. The summed E-state index contributed by atoms with van der Waals surface area (Å²) in [5.74, 6) is 0. The van der Waals surface area contributed by atoms with Crippen molar-refractivity contribution in [2.75, 3.05) is 13.1 Å². The zero-order chi connectivity index (χ0) is 9.97. The molecule has 1 fully saturated rings. The molecule has 0 N–H and O–H groups in total. The minimum Gasteiger partial charge on any atom is -0.293 e. The molecule has 0 aromatic heterocycles. The Morgan fingerprint density at radius 2 is 1.64 bits per heavy atom. The fourth-order valence-electron chi connectivity index (χ4n) is 1.77. The maximum Gasteiger partial charge on any atom is 0.145 e. The van der Waals surface area contributed by atoms with Crippen LogP contribution in [0.3, 0.4) is 0 Å². The molecule has 1 nitrogen and oxygen atoms in total. The van der Waals surface area contributed by atoms with Gasteiger partial charge in [0.2, 0.25) is 0 Å². The highest BCUT2D eigenvalue weighted by Crippen LogP contribution is 2.18. The highest BCUT2D eigenvalue weighted by molar-refractivity contribution is 5.14. The molecule has 1 aliphatic rings. The molecule has 1 unspecified atom stereocenters. The zero-order valence-corrected chi connectivity index (χ0v) is 7.87. The first-order valence-electron chi connectivity index (χ1n) is 4.80. The summed E-state index contributed by atoms with van der Waals surface area (Å²) in [6.45, 7) is 1.08. The molecule has 76 valence electrons. The van der Waals surface area contributed by atoms with E-state index in [1.807, 2.05) is 35.2 Å². The molecule has 0 radical (unpaired) electrons. The maximum atomic E-state index is 12.9. The van der Waals surface area contributed by atoms with Crippen LogP contribution in [-0.4, -0.2) is 30.3 Å². The van der Waals surface area contributed by atoms with Crippen molar-refractivity contribution in [1.29, 1.82) is 0 Å². The lowest BCUT2D eigenvalue weighted by atomic mass is 10.2. The van der Waals surface area contributed by atoms with Crippen LogP contribution in [0.15, 0.2) is 30.3 Å². The van der Waals surface area contributed by atoms with Crippen LogP contribution in [0.5, 0.6) is 0 Å². The van der Waals surface area contributed by atoms with E-state index < -0.39 is 12.3 Å². The maximum absolute atomic E-state index is 12.9. The Balaban J connectivity index is 1.94. The molecular formula is C11H13F2N. The summed E-state index contributed by atoms with van der Waals surface area (Å²) in [4.78, 5) is 1.81. The van der Waals surface area contributed by atoms with Crippen LogP contribution < -0.4 is 0 Å². The van der Waals surface area contributed by atoms with E-state index in [-0.39, 0.29) is 13.1 Å². The van der Waals surface area contributed by atoms with Crippen LogP contribution in [-0.2, 0) is 6.54 Å². The van der Waals surface area contributed by atoms with Crippen molar-refractivity contribution in [3.05, 3.63) is 35.9 Å². The van der Waals surface area contributed by atoms with Crippen LogP contribution in [0.4, 0.5) is 8.78 Å². The molecule has 1 saturated heterocycles. The summed E-state index contributed by atoms with van der Waals surface area (Å²) in [6.07, 6.45) is -2.61. The molecule has 0 amide bonds. The second-order valence-corrected chi connectivity index (χ2v) is 3.71. The van der Waals surface area contributed by atoms with Crippen molar-refractivity contribution >= 4 is 0 Å². The number of benzene rings is 1. The van der Waals surface area contributed by atoms with Crippen molar-refractivity contribution in [3.63, 3.8) is 0 Å². The lowest BCUT2D eigenvalue weighted by Crippen LogP contribution is -2.20. The van der Waals surface area contributed by atoms with E-state index in [2.05, 4.69) is 0 Å². The number of alkyl halides is 2. The fourth-order valence-corrected chi connectivity index (χ4v) is 1.77. The normalized spacial score (nSPS) is 28.1. The van der Waals surface area contributed by atoms with Crippen molar-refractivity contribution in [3.8, 4) is 0 Å². The molecule has 1 aromatic rings. The summed E-state index contributed by atoms with van der Waals surface area (Å²) in [6, 6.07) is 9.75. The number of nitrogens with zero attached hydrogens (tertiary/aromatic N) is 1. The third kappa shape index (κ3) is 2.10. The van der Waals surface area contributed by atoms with Gasteiger partial charge in [-0.2, -0.15) is 0 Å². The van der Waals surface area contributed by atoms with Crippen LogP contribution in [0, 0.1) is 0 Å². The molecule has 2 rings (SSSR count). The molecular weight excluding hydrogens is 184 g/mol. The largest absolute Gasteiger partial charge is 0.293 e. The quantitative estimate of drug-likeness (QED) is 0.702. The number of rotatable bonds is 2. The molecule has 1 aliphatic heterocycles. The second kappa shape index (κ2) is 4.05. The molecule has 2 atom stereocenters. The van der Waals surface area contributed by atoms with Gasteiger partial charge in [-0.05, 0) is 5.56 Å². The Kier molecular flexibility index (Phi) is 2.77. The van der Waals surface area contributed by atoms with Gasteiger partial charge in [0.15, 0.2) is 0 Å². The smallest absolute Gasteiger partial charge is 0.145 e. The third-order valence-corrected chi connectivity index (χ3v) is 2.51. The minimum atomic E-state index is -1.31. The summed E-state index contributed by atoms with van der Waals surface area (Å²) in [5, 5.41) is 0. The Morgan fingerprint density at radius 1 is 1.07 bits per heavy atom. The van der Waals surface area contributed by atoms with Crippen LogP contribution in [0.25, 0.3) is 0 Å². The predicted octanol–water partition coefficient (Wildman–Crippen LogP) is 2.18. The topological polar surface area (TPSA) is 3.24 Å². The van der Waals surface area contributed by atoms with Gasteiger partial charge in [-0.1, -0.05) is 30.3 Å². The van der Waals surface area contributed by atoms with Crippen LogP contribution in [0.2, 0.25) is 0 Å². The second-order valence-electron chi connectivity index (χ2n) is 3.71. The minimum absolute atomic E-state index is 0.218. The van der Waals surface area contributed by atoms with Gasteiger partial charge in [-0.3, -0.25) is 4.90 Å². The highest BCUT2D eigenvalue weighted by Gasteiger charge is 2.32. The van der Waals surface area contributed by atoms with E-state index in [0.29, 0.717) is 6.54 Å². The van der Waals surface area contributed by atoms with E-state index >= 15 is 0 Å². The molecule has 0 saturated carbocycles. The van der Waals surface area contributed by atoms with E-state index in [9.17, 15) is 8.78 Å². The van der Waals surface area contributed by atoms with Crippen LogP contribution >= 0.6 is 0 Å². The molecule has 0 bridgehead atoms. The molecule has 1 aromatic carbocycles. The van der Waals surface area contributed by atoms with Gasteiger partial charge in [0.25, 0.3) is 0 Å². The molecule has 14 heavy (non-hydrogen) atoms. The zero-order valence-electron chi connectivity index (χ0n) is 7.87. The molecule has 1 heterocycles. The number of hydrogen-bond acceptors (Lipinski definition) is 1. The number of likely N-dealkylation sites (tertiary alicyclic amines) is 1. The first-order valence-corrected chi connectivity index (χ1v) is 4.80. The molecule has 0 spiro atoms. The Labute approximate surface area is 82.3 Å². The van der Waals surface area contributed by atoms with E-state index in [1.54, 1.807) is 0 Å². The third-order valence-electron chi connectivity index (χ3n) is 2.51. The molecule has 3 heteroatoms. The van der Waals surface area contributed by atoms with Crippen molar-refractivity contribution in [1.82, 2.24) is 4.90 Å². The lowest BCUT2D eigenvalue weighted by molar-refractivity contribution is 0.217. The summed E-state index contributed by atoms with van der Waals surface area (Å²) >= 11 is 0. The van der Waals surface area contributed by atoms with Crippen molar-refractivity contribution < 1.29 is 8.78 Å². The van der Waals surface area contributed by atoms with Gasteiger partial charge in [0.05, 0.1) is 0 Å². The van der Waals surface area contributed by atoms with E-state index in [4.69, 9.17) is 0 Å². The van der Waals surface area contributed by atoms with Gasteiger partial charge in [0.1, 0.15) is 12.3 Å². The number of halogens is 2. The average molecular weight is 197 g/mol. The van der Waals surface area contributed by atoms with E-state index in [0.717, 1.165) is 5.56 Å². The van der Waals surface area contributed by atoms with Gasteiger partial charge in [-0.25, -0.2) is 8.78 Å². The van der Waals surface area contributed by atoms with Gasteiger partial charge in [-0.15, -0.1) is 0 Å². The number of hydrogen-bond donors (Lipinski definition) is 0.